The first-order valence-electron chi connectivity index (χ1n) is 7.15. The first kappa shape index (κ1) is 15.6. The summed E-state index contributed by atoms with van der Waals surface area (Å²) >= 11 is 1.74. The van der Waals surface area contributed by atoms with Crippen LogP contribution in [0.4, 0.5) is 4.39 Å². The van der Waals surface area contributed by atoms with Gasteiger partial charge in [0.25, 0.3) is 5.91 Å². The lowest BCUT2D eigenvalue weighted by atomic mass is 10.1. The quantitative estimate of drug-likeness (QED) is 0.781. The molecule has 0 aliphatic heterocycles. The van der Waals surface area contributed by atoms with Crippen LogP contribution >= 0.6 is 11.8 Å². The number of halogens is 1. The Bertz CT molecular complexity index is 829. The molecular formula is C17H16FN3OS. The molecule has 4 nitrogen and oxygen atoms in total. The minimum atomic E-state index is -0.323. The molecular weight excluding hydrogens is 313 g/mol. The summed E-state index contributed by atoms with van der Waals surface area (Å²) in [5.41, 5.74) is 3.14. The highest BCUT2D eigenvalue weighted by Gasteiger charge is 2.07. The molecule has 0 radical (unpaired) electrons. The van der Waals surface area contributed by atoms with Crippen molar-refractivity contribution in [3.63, 3.8) is 0 Å². The third-order valence-corrected chi connectivity index (χ3v) is 4.04. The summed E-state index contributed by atoms with van der Waals surface area (Å²) in [5, 5.41) is 2.83. The molecule has 118 valence electrons. The first-order chi connectivity index (χ1) is 11.2. The number of fused-ring (bicyclic) bond motifs is 1. The molecule has 2 aromatic heterocycles. The Morgan fingerprint density at radius 1 is 1.22 bits per heavy atom. The van der Waals surface area contributed by atoms with Crippen molar-refractivity contribution >= 4 is 23.3 Å². The summed E-state index contributed by atoms with van der Waals surface area (Å²) in [7, 11) is 0. The van der Waals surface area contributed by atoms with Crippen molar-refractivity contribution < 1.29 is 9.18 Å². The van der Waals surface area contributed by atoms with Gasteiger partial charge in [-0.15, -0.1) is 0 Å². The van der Waals surface area contributed by atoms with Gasteiger partial charge in [-0.3, -0.25) is 4.79 Å². The summed E-state index contributed by atoms with van der Waals surface area (Å²) in [4.78, 5) is 16.5. The van der Waals surface area contributed by atoms with Crippen LogP contribution in [-0.4, -0.2) is 21.5 Å². The van der Waals surface area contributed by atoms with E-state index in [1.807, 2.05) is 30.5 Å². The molecule has 6 heteroatoms. The van der Waals surface area contributed by atoms with Gasteiger partial charge in [-0.1, -0.05) is 12.1 Å². The van der Waals surface area contributed by atoms with E-state index >= 15 is 0 Å². The number of imidazole rings is 1. The number of amides is 1. The van der Waals surface area contributed by atoms with Crippen LogP contribution in [0, 0.1) is 5.82 Å². The SMILES string of the molecule is CSCc1ccc(C(=O)NCc2cn3cc(F)ccc3n2)cc1. The Labute approximate surface area is 137 Å². The first-order valence-corrected chi connectivity index (χ1v) is 8.54. The van der Waals surface area contributed by atoms with E-state index in [4.69, 9.17) is 0 Å². The Morgan fingerprint density at radius 3 is 2.74 bits per heavy atom. The Balaban J connectivity index is 1.65. The number of hydrogen-bond donors (Lipinski definition) is 1. The number of hydrogen-bond acceptors (Lipinski definition) is 3. The highest BCUT2D eigenvalue weighted by molar-refractivity contribution is 7.97. The second-order valence-corrected chi connectivity index (χ2v) is 6.02. The predicted octanol–water partition coefficient (Wildman–Crippen LogP) is 3.27. The molecule has 1 aromatic carbocycles. The highest BCUT2D eigenvalue weighted by Crippen LogP contribution is 2.11. The van der Waals surface area contributed by atoms with Gasteiger partial charge in [-0.25, -0.2) is 9.37 Å². The normalized spacial score (nSPS) is 10.9. The molecule has 2 heterocycles. The van der Waals surface area contributed by atoms with Crippen LogP contribution in [0.25, 0.3) is 5.65 Å². The van der Waals surface area contributed by atoms with E-state index in [9.17, 15) is 9.18 Å². The number of rotatable bonds is 5. The van der Waals surface area contributed by atoms with E-state index in [0.717, 1.165) is 5.75 Å². The molecule has 0 spiro atoms. The number of aromatic nitrogens is 2. The van der Waals surface area contributed by atoms with Gasteiger partial charge in [0.15, 0.2) is 0 Å². The lowest BCUT2D eigenvalue weighted by Gasteiger charge is -2.04. The molecule has 0 saturated heterocycles. The molecule has 0 aliphatic rings. The zero-order valence-corrected chi connectivity index (χ0v) is 13.4. The van der Waals surface area contributed by atoms with Crippen LogP contribution in [0.1, 0.15) is 21.6 Å². The number of carbonyl (C=O) groups is 1. The van der Waals surface area contributed by atoms with E-state index in [1.54, 1.807) is 28.4 Å². The minimum absolute atomic E-state index is 0.149. The second-order valence-electron chi connectivity index (χ2n) is 5.16. The van der Waals surface area contributed by atoms with Crippen LogP contribution < -0.4 is 5.32 Å². The molecule has 3 aromatic rings. The molecule has 1 N–H and O–H groups in total. The number of thioether (sulfide) groups is 1. The zero-order chi connectivity index (χ0) is 16.2. The van der Waals surface area contributed by atoms with Gasteiger partial charge < -0.3 is 9.72 Å². The minimum Gasteiger partial charge on any atom is -0.346 e. The van der Waals surface area contributed by atoms with Gasteiger partial charge in [0.05, 0.1) is 12.2 Å². The van der Waals surface area contributed by atoms with Crippen LogP contribution in [0.15, 0.2) is 48.8 Å². The summed E-state index contributed by atoms with van der Waals surface area (Å²) in [5.74, 6) is 0.458. The summed E-state index contributed by atoms with van der Waals surface area (Å²) < 4.78 is 14.8. The van der Waals surface area contributed by atoms with Crippen molar-refractivity contribution in [2.45, 2.75) is 12.3 Å². The molecule has 0 atom stereocenters. The average Bonchev–Trinajstić information content (AvgIpc) is 2.95. The van der Waals surface area contributed by atoms with Crippen molar-refractivity contribution in [1.82, 2.24) is 14.7 Å². The van der Waals surface area contributed by atoms with E-state index in [2.05, 4.69) is 10.3 Å². The molecule has 0 unspecified atom stereocenters. The summed E-state index contributed by atoms with van der Waals surface area (Å²) in [6.45, 7) is 0.300. The average molecular weight is 329 g/mol. The standard InChI is InChI=1S/C17H16FN3OS/c1-23-11-12-2-4-13(5-3-12)17(22)19-8-15-10-21-9-14(18)6-7-16(21)20-15/h2-7,9-10H,8,11H2,1H3,(H,19,22). The van der Waals surface area contributed by atoms with Gasteiger partial charge in [-0.05, 0) is 36.1 Å². The summed E-state index contributed by atoms with van der Waals surface area (Å²) in [6.07, 6.45) is 5.11. The summed E-state index contributed by atoms with van der Waals surface area (Å²) in [6, 6.07) is 10.5. The smallest absolute Gasteiger partial charge is 0.251 e. The van der Waals surface area contributed by atoms with Gasteiger partial charge >= 0.3 is 0 Å². The zero-order valence-electron chi connectivity index (χ0n) is 12.6. The van der Waals surface area contributed by atoms with E-state index in [1.165, 1.54) is 17.8 Å². The fourth-order valence-corrected chi connectivity index (χ4v) is 2.82. The highest BCUT2D eigenvalue weighted by atomic mass is 32.2. The van der Waals surface area contributed by atoms with Gasteiger partial charge in [0.2, 0.25) is 0 Å². The number of benzene rings is 1. The van der Waals surface area contributed by atoms with E-state index in [-0.39, 0.29) is 11.7 Å². The lowest BCUT2D eigenvalue weighted by molar-refractivity contribution is 0.0950. The molecule has 23 heavy (non-hydrogen) atoms. The van der Waals surface area contributed by atoms with Crippen LogP contribution in [0.5, 0.6) is 0 Å². The van der Waals surface area contributed by atoms with Gasteiger partial charge in [0, 0.05) is 23.7 Å². The number of pyridine rings is 1. The molecule has 0 saturated carbocycles. The van der Waals surface area contributed by atoms with Crippen molar-refractivity contribution in [3.05, 3.63) is 71.4 Å². The number of nitrogens with one attached hydrogen (secondary N) is 1. The van der Waals surface area contributed by atoms with Crippen molar-refractivity contribution in [2.24, 2.45) is 0 Å². The van der Waals surface area contributed by atoms with Crippen LogP contribution in [0.3, 0.4) is 0 Å². The fraction of sp³-hybridized carbons (Fsp3) is 0.176. The molecule has 1 amide bonds. The van der Waals surface area contributed by atoms with E-state index < -0.39 is 0 Å². The van der Waals surface area contributed by atoms with Gasteiger partial charge in [0.1, 0.15) is 11.5 Å². The Morgan fingerprint density at radius 2 is 2.00 bits per heavy atom. The molecule has 3 rings (SSSR count). The largest absolute Gasteiger partial charge is 0.346 e. The van der Waals surface area contributed by atoms with Crippen LogP contribution in [-0.2, 0) is 12.3 Å². The topological polar surface area (TPSA) is 46.4 Å². The van der Waals surface area contributed by atoms with Crippen molar-refractivity contribution in [3.8, 4) is 0 Å². The number of nitrogens with zero attached hydrogens (tertiary/aromatic N) is 2. The second kappa shape index (κ2) is 6.83. The van der Waals surface area contributed by atoms with Crippen molar-refractivity contribution in [1.29, 1.82) is 0 Å². The molecule has 0 fully saturated rings. The lowest BCUT2D eigenvalue weighted by Crippen LogP contribution is -2.22. The molecule has 0 bridgehead atoms. The van der Waals surface area contributed by atoms with Gasteiger partial charge in [-0.2, -0.15) is 11.8 Å². The van der Waals surface area contributed by atoms with Crippen LogP contribution in [0.2, 0.25) is 0 Å². The maximum atomic E-state index is 13.1. The fourth-order valence-electron chi connectivity index (χ4n) is 2.29. The maximum Gasteiger partial charge on any atom is 0.251 e. The predicted molar refractivity (Wildman–Crippen MR) is 90.0 cm³/mol. The number of carbonyl (C=O) groups excluding carboxylic acids is 1. The Hall–Kier alpha value is -2.34. The monoisotopic (exact) mass is 329 g/mol. The third-order valence-electron chi connectivity index (χ3n) is 3.42. The third kappa shape index (κ3) is 3.71. The Kier molecular flexibility index (Phi) is 4.62. The molecule has 0 aliphatic carbocycles. The van der Waals surface area contributed by atoms with E-state index in [0.29, 0.717) is 23.4 Å². The maximum absolute atomic E-state index is 13.1. The van der Waals surface area contributed by atoms with Crippen molar-refractivity contribution in [2.75, 3.05) is 6.26 Å².